The van der Waals surface area contributed by atoms with Crippen LogP contribution in [0.15, 0.2) is 29.1 Å². The van der Waals surface area contributed by atoms with Crippen LogP contribution in [0.3, 0.4) is 0 Å². The number of aliphatic hydroxyl groups is 1. The summed E-state index contributed by atoms with van der Waals surface area (Å²) in [5, 5.41) is 11.7. The highest BCUT2D eigenvalue weighted by Crippen LogP contribution is 2.12. The van der Waals surface area contributed by atoms with Crippen molar-refractivity contribution in [2.45, 2.75) is 13.5 Å². The summed E-state index contributed by atoms with van der Waals surface area (Å²) in [5.41, 5.74) is 2.74. The number of quaternary nitrogens is 1. The quantitative estimate of drug-likeness (QED) is 0.645. The first kappa shape index (κ1) is 11.8. The molecule has 2 rings (SSSR count). The molecule has 0 aliphatic carbocycles. The van der Waals surface area contributed by atoms with E-state index in [4.69, 9.17) is 5.11 Å². The molecule has 1 aromatic carbocycles. The monoisotopic (exact) mass is 233 g/mol. The summed E-state index contributed by atoms with van der Waals surface area (Å²) in [4.78, 5) is 14.6. The lowest BCUT2D eigenvalue weighted by Gasteiger charge is -2.03. The molecule has 4 nitrogen and oxygen atoms in total. The molecule has 90 valence electrons. The van der Waals surface area contributed by atoms with Crippen LogP contribution in [0.5, 0.6) is 0 Å². The number of pyridine rings is 1. The fourth-order valence-electron chi connectivity index (χ4n) is 1.87. The predicted molar refractivity (Wildman–Crippen MR) is 66.9 cm³/mol. The summed E-state index contributed by atoms with van der Waals surface area (Å²) in [7, 11) is 0. The Bertz CT molecular complexity index is 575. The van der Waals surface area contributed by atoms with Gasteiger partial charge in [-0.05, 0) is 30.5 Å². The second-order valence-corrected chi connectivity index (χ2v) is 4.22. The fourth-order valence-corrected chi connectivity index (χ4v) is 1.87. The number of nitrogens with two attached hydrogens (primary N) is 1. The van der Waals surface area contributed by atoms with Gasteiger partial charge >= 0.3 is 0 Å². The number of fused-ring (bicyclic) bond motifs is 1. The van der Waals surface area contributed by atoms with Gasteiger partial charge in [-0.3, -0.25) is 4.79 Å². The highest BCUT2D eigenvalue weighted by atomic mass is 16.3. The first-order chi connectivity index (χ1) is 8.20. The topological polar surface area (TPSA) is 69.7 Å². The molecule has 0 unspecified atom stereocenters. The maximum absolute atomic E-state index is 11.8. The van der Waals surface area contributed by atoms with Gasteiger partial charge in [0.2, 0.25) is 0 Å². The van der Waals surface area contributed by atoms with E-state index in [2.05, 4.69) is 11.1 Å². The van der Waals surface area contributed by atoms with E-state index in [1.165, 1.54) is 5.56 Å². The number of hydrogen-bond donors (Lipinski definition) is 3. The Hall–Kier alpha value is -1.65. The van der Waals surface area contributed by atoms with Gasteiger partial charge in [-0.1, -0.05) is 11.6 Å². The summed E-state index contributed by atoms with van der Waals surface area (Å²) in [6, 6.07) is 7.89. The molecule has 0 saturated carbocycles. The molecule has 1 aromatic heterocycles. The van der Waals surface area contributed by atoms with Crippen molar-refractivity contribution in [3.8, 4) is 0 Å². The van der Waals surface area contributed by atoms with Crippen LogP contribution < -0.4 is 10.9 Å². The Morgan fingerprint density at radius 2 is 2.18 bits per heavy atom. The van der Waals surface area contributed by atoms with Gasteiger partial charge in [0.15, 0.2) is 0 Å². The third-order valence-electron chi connectivity index (χ3n) is 2.77. The molecule has 0 radical (unpaired) electrons. The van der Waals surface area contributed by atoms with Crippen molar-refractivity contribution >= 4 is 10.9 Å². The fraction of sp³-hybridized carbons (Fsp3) is 0.308. The number of aliphatic hydroxyl groups excluding tert-OH is 1. The summed E-state index contributed by atoms with van der Waals surface area (Å²) in [5.74, 6) is 0. The first-order valence-electron chi connectivity index (χ1n) is 5.76. The minimum atomic E-state index is -0.0458. The van der Waals surface area contributed by atoms with Gasteiger partial charge in [-0.15, -0.1) is 0 Å². The maximum atomic E-state index is 11.8. The molecule has 0 atom stereocenters. The molecule has 4 heteroatoms. The Labute approximate surface area is 99.3 Å². The molecule has 0 aliphatic rings. The molecule has 0 aliphatic heterocycles. The minimum absolute atomic E-state index is 0.0458. The number of nitrogens with one attached hydrogen (secondary N) is 1. The average molecular weight is 233 g/mol. The molecule has 0 bridgehead atoms. The first-order valence-corrected chi connectivity index (χ1v) is 5.76. The Morgan fingerprint density at radius 1 is 1.35 bits per heavy atom. The van der Waals surface area contributed by atoms with Crippen LogP contribution >= 0.6 is 0 Å². The standard InChI is InChI=1S/C13H16N2O2/c1-9-2-3-12-10(6-9)7-11(13(17)15-12)8-14-4-5-16/h2-3,6-7,14,16H,4-5,8H2,1H3,(H,15,17)/p+1. The number of rotatable bonds is 4. The molecule has 2 aromatic rings. The predicted octanol–water partition coefficient (Wildman–Crippen LogP) is -0.108. The highest BCUT2D eigenvalue weighted by molar-refractivity contribution is 5.79. The number of aryl methyl sites for hydroxylation is 1. The molecule has 0 amide bonds. The van der Waals surface area contributed by atoms with E-state index in [1.54, 1.807) is 0 Å². The molecule has 17 heavy (non-hydrogen) atoms. The highest BCUT2D eigenvalue weighted by Gasteiger charge is 2.04. The van der Waals surface area contributed by atoms with Crippen LogP contribution in [0.4, 0.5) is 0 Å². The summed E-state index contributed by atoms with van der Waals surface area (Å²) >= 11 is 0. The van der Waals surface area contributed by atoms with Gasteiger partial charge in [0.25, 0.3) is 5.56 Å². The number of benzene rings is 1. The summed E-state index contributed by atoms with van der Waals surface area (Å²) < 4.78 is 0. The number of aromatic nitrogens is 1. The van der Waals surface area contributed by atoms with Crippen LogP contribution in [0.1, 0.15) is 11.1 Å². The van der Waals surface area contributed by atoms with E-state index < -0.39 is 0 Å². The molecule has 0 fully saturated rings. The zero-order chi connectivity index (χ0) is 12.3. The van der Waals surface area contributed by atoms with Crippen molar-refractivity contribution in [1.82, 2.24) is 4.98 Å². The third-order valence-corrected chi connectivity index (χ3v) is 2.77. The van der Waals surface area contributed by atoms with Gasteiger partial charge < -0.3 is 15.4 Å². The van der Waals surface area contributed by atoms with Gasteiger partial charge in [-0.25, -0.2) is 0 Å². The van der Waals surface area contributed by atoms with Gasteiger partial charge in [0, 0.05) is 5.52 Å². The lowest BCUT2D eigenvalue weighted by Crippen LogP contribution is -2.83. The molecular formula is C13H17N2O2+. The average Bonchev–Trinajstić information content (AvgIpc) is 2.31. The Morgan fingerprint density at radius 3 is 2.94 bits per heavy atom. The van der Waals surface area contributed by atoms with Gasteiger partial charge in [0.1, 0.15) is 6.54 Å². The smallest absolute Gasteiger partial charge is 0.257 e. The number of H-pyrrole nitrogens is 1. The third kappa shape index (κ3) is 2.72. The van der Waals surface area contributed by atoms with E-state index in [1.807, 2.05) is 30.4 Å². The molecular weight excluding hydrogens is 216 g/mol. The molecule has 1 heterocycles. The van der Waals surface area contributed by atoms with E-state index in [0.29, 0.717) is 13.1 Å². The van der Waals surface area contributed by atoms with E-state index in [9.17, 15) is 4.79 Å². The SMILES string of the molecule is Cc1ccc2[nH]c(=O)c(C[NH2+]CCO)cc2c1. The second kappa shape index (κ2) is 5.12. The maximum Gasteiger partial charge on any atom is 0.257 e. The normalized spacial score (nSPS) is 10.9. The van der Waals surface area contributed by atoms with Crippen LogP contribution in [-0.2, 0) is 6.54 Å². The zero-order valence-corrected chi connectivity index (χ0v) is 9.86. The summed E-state index contributed by atoms with van der Waals surface area (Å²) in [6.45, 7) is 3.37. The van der Waals surface area contributed by atoms with Crippen molar-refractivity contribution < 1.29 is 10.4 Å². The lowest BCUT2D eigenvalue weighted by atomic mass is 10.1. The Kier molecular flexibility index (Phi) is 3.56. The van der Waals surface area contributed by atoms with Gasteiger partial charge in [-0.2, -0.15) is 0 Å². The Balaban J connectivity index is 2.36. The number of hydrogen-bond acceptors (Lipinski definition) is 2. The number of aromatic amines is 1. The van der Waals surface area contributed by atoms with E-state index in [0.717, 1.165) is 16.5 Å². The van der Waals surface area contributed by atoms with Gasteiger partial charge in [0.05, 0.1) is 18.7 Å². The molecule has 0 spiro atoms. The van der Waals surface area contributed by atoms with Crippen molar-refractivity contribution in [3.63, 3.8) is 0 Å². The van der Waals surface area contributed by atoms with Crippen molar-refractivity contribution in [2.75, 3.05) is 13.2 Å². The molecule has 4 N–H and O–H groups in total. The van der Waals surface area contributed by atoms with Crippen LogP contribution in [-0.4, -0.2) is 23.2 Å². The van der Waals surface area contributed by atoms with Crippen LogP contribution in [0, 0.1) is 6.92 Å². The lowest BCUT2D eigenvalue weighted by molar-refractivity contribution is -0.671. The van der Waals surface area contributed by atoms with E-state index in [-0.39, 0.29) is 12.2 Å². The minimum Gasteiger partial charge on any atom is -0.391 e. The summed E-state index contributed by atoms with van der Waals surface area (Å²) in [6.07, 6.45) is 0. The molecule has 0 saturated heterocycles. The van der Waals surface area contributed by atoms with Crippen molar-refractivity contribution in [1.29, 1.82) is 0 Å². The zero-order valence-electron chi connectivity index (χ0n) is 9.86. The second-order valence-electron chi connectivity index (χ2n) is 4.22. The van der Waals surface area contributed by atoms with Crippen molar-refractivity contribution in [3.05, 3.63) is 45.7 Å². The van der Waals surface area contributed by atoms with Crippen LogP contribution in [0.25, 0.3) is 10.9 Å². The largest absolute Gasteiger partial charge is 0.391 e. The van der Waals surface area contributed by atoms with E-state index >= 15 is 0 Å². The van der Waals surface area contributed by atoms with Crippen molar-refractivity contribution in [2.24, 2.45) is 0 Å². The van der Waals surface area contributed by atoms with Crippen LogP contribution in [0.2, 0.25) is 0 Å².